The van der Waals surface area contributed by atoms with Crippen LogP contribution in [0.25, 0.3) is 0 Å². The van der Waals surface area contributed by atoms with Gasteiger partial charge in [0.05, 0.1) is 16.1 Å². The molecule has 0 radical (unpaired) electrons. The van der Waals surface area contributed by atoms with Crippen LogP contribution in [0.1, 0.15) is 36.5 Å². The Kier molecular flexibility index (Phi) is 4.01. The molecular formula is C14H17ClN2O3. The van der Waals surface area contributed by atoms with Crippen molar-refractivity contribution < 1.29 is 14.7 Å². The van der Waals surface area contributed by atoms with Crippen molar-refractivity contribution in [3.63, 3.8) is 0 Å². The third kappa shape index (κ3) is 2.51. The Morgan fingerprint density at radius 3 is 2.75 bits per heavy atom. The minimum absolute atomic E-state index is 0.0937. The normalized spacial score (nSPS) is 25.4. The number of benzene rings is 1. The van der Waals surface area contributed by atoms with E-state index in [9.17, 15) is 14.7 Å². The van der Waals surface area contributed by atoms with E-state index in [1.807, 2.05) is 6.92 Å². The third-order valence-corrected chi connectivity index (χ3v) is 4.34. The number of carboxylic acids is 1. The van der Waals surface area contributed by atoms with Gasteiger partial charge in [-0.25, -0.2) is 4.79 Å². The number of carboxylic acid groups (broad SMARTS) is 1. The van der Waals surface area contributed by atoms with Gasteiger partial charge in [0.2, 0.25) is 5.91 Å². The van der Waals surface area contributed by atoms with Gasteiger partial charge < -0.3 is 16.2 Å². The molecule has 0 heterocycles. The molecule has 2 atom stereocenters. The Morgan fingerprint density at radius 2 is 2.20 bits per heavy atom. The second-order valence-electron chi connectivity index (χ2n) is 5.34. The molecule has 5 nitrogen and oxygen atoms in total. The van der Waals surface area contributed by atoms with E-state index in [0.717, 1.165) is 12.8 Å². The van der Waals surface area contributed by atoms with E-state index < -0.39 is 11.4 Å². The predicted molar refractivity (Wildman–Crippen MR) is 77.0 cm³/mol. The van der Waals surface area contributed by atoms with Crippen LogP contribution in [-0.2, 0) is 4.79 Å². The molecule has 0 spiro atoms. The average molecular weight is 297 g/mol. The van der Waals surface area contributed by atoms with E-state index in [4.69, 9.17) is 17.3 Å². The Balaban J connectivity index is 2.29. The van der Waals surface area contributed by atoms with Gasteiger partial charge in [0.1, 0.15) is 5.56 Å². The number of hydrogen-bond donors (Lipinski definition) is 3. The summed E-state index contributed by atoms with van der Waals surface area (Å²) in [4.78, 5) is 23.6. The van der Waals surface area contributed by atoms with Crippen LogP contribution in [0.4, 0.5) is 5.69 Å². The first-order chi connectivity index (χ1) is 9.36. The highest BCUT2D eigenvalue weighted by atomic mass is 35.5. The van der Waals surface area contributed by atoms with Gasteiger partial charge in [-0.3, -0.25) is 4.79 Å². The molecule has 2 unspecified atom stereocenters. The predicted octanol–water partition coefficient (Wildman–Crippen LogP) is 2.49. The van der Waals surface area contributed by atoms with E-state index >= 15 is 0 Å². The molecule has 108 valence electrons. The molecule has 1 aliphatic rings. The maximum Gasteiger partial charge on any atom is 0.339 e. The van der Waals surface area contributed by atoms with Gasteiger partial charge in [0.25, 0.3) is 0 Å². The smallest absolute Gasteiger partial charge is 0.339 e. The highest BCUT2D eigenvalue weighted by Gasteiger charge is 2.43. The molecule has 1 amide bonds. The molecule has 1 fully saturated rings. The fourth-order valence-corrected chi connectivity index (χ4v) is 2.84. The van der Waals surface area contributed by atoms with Gasteiger partial charge in [-0.15, -0.1) is 0 Å². The number of anilines is 1. The molecule has 1 saturated carbocycles. The fourth-order valence-electron chi connectivity index (χ4n) is 2.59. The Morgan fingerprint density at radius 1 is 1.50 bits per heavy atom. The lowest BCUT2D eigenvalue weighted by Gasteiger charge is -2.27. The van der Waals surface area contributed by atoms with E-state index in [1.54, 1.807) is 6.07 Å². The molecule has 2 rings (SSSR count). The SMILES string of the molecule is CC1(C(=O)Nc2cccc(Cl)c2C(=O)O)CCCC1N. The van der Waals surface area contributed by atoms with Gasteiger partial charge in [-0.2, -0.15) is 0 Å². The maximum absolute atomic E-state index is 12.4. The number of hydrogen-bond acceptors (Lipinski definition) is 3. The first-order valence-electron chi connectivity index (χ1n) is 6.45. The summed E-state index contributed by atoms with van der Waals surface area (Å²) in [6.45, 7) is 1.81. The van der Waals surface area contributed by atoms with E-state index in [-0.39, 0.29) is 28.2 Å². The summed E-state index contributed by atoms with van der Waals surface area (Å²) in [5.74, 6) is -1.43. The zero-order chi connectivity index (χ0) is 14.9. The number of amides is 1. The molecular weight excluding hydrogens is 280 g/mol. The van der Waals surface area contributed by atoms with Crippen LogP contribution in [0.3, 0.4) is 0 Å². The topological polar surface area (TPSA) is 92.4 Å². The molecule has 20 heavy (non-hydrogen) atoms. The largest absolute Gasteiger partial charge is 0.478 e. The van der Waals surface area contributed by atoms with Crippen LogP contribution in [0, 0.1) is 5.41 Å². The number of nitrogens with one attached hydrogen (secondary N) is 1. The first kappa shape index (κ1) is 14.8. The monoisotopic (exact) mass is 296 g/mol. The Labute approximate surface area is 122 Å². The van der Waals surface area contributed by atoms with Gasteiger partial charge in [-0.05, 0) is 31.9 Å². The minimum atomic E-state index is -1.17. The van der Waals surface area contributed by atoms with Crippen LogP contribution in [0.2, 0.25) is 5.02 Å². The molecule has 1 aromatic carbocycles. The van der Waals surface area contributed by atoms with Gasteiger partial charge in [0, 0.05) is 6.04 Å². The summed E-state index contributed by atoms with van der Waals surface area (Å²) in [6, 6.07) is 4.39. The van der Waals surface area contributed by atoms with Crippen molar-refractivity contribution in [3.05, 3.63) is 28.8 Å². The average Bonchev–Trinajstić information content (AvgIpc) is 2.70. The lowest BCUT2D eigenvalue weighted by atomic mass is 9.84. The van der Waals surface area contributed by atoms with Gasteiger partial charge in [0.15, 0.2) is 0 Å². The van der Waals surface area contributed by atoms with E-state index in [2.05, 4.69) is 5.32 Å². The second-order valence-corrected chi connectivity index (χ2v) is 5.75. The van der Waals surface area contributed by atoms with Crippen molar-refractivity contribution in [2.45, 2.75) is 32.2 Å². The van der Waals surface area contributed by atoms with Crippen molar-refractivity contribution in [1.29, 1.82) is 0 Å². The molecule has 1 aliphatic carbocycles. The quantitative estimate of drug-likeness (QED) is 0.799. The van der Waals surface area contributed by atoms with Crippen molar-refractivity contribution >= 4 is 29.2 Å². The summed E-state index contributed by atoms with van der Waals surface area (Å²) < 4.78 is 0. The lowest BCUT2D eigenvalue weighted by Crippen LogP contribution is -2.44. The zero-order valence-electron chi connectivity index (χ0n) is 11.1. The lowest BCUT2D eigenvalue weighted by molar-refractivity contribution is -0.125. The van der Waals surface area contributed by atoms with Crippen molar-refractivity contribution in [1.82, 2.24) is 0 Å². The minimum Gasteiger partial charge on any atom is -0.478 e. The summed E-state index contributed by atoms with van der Waals surface area (Å²) in [5.41, 5.74) is 5.43. The number of carbonyl (C=O) groups excluding carboxylic acids is 1. The summed E-state index contributed by atoms with van der Waals surface area (Å²) >= 11 is 5.87. The molecule has 0 saturated heterocycles. The molecule has 4 N–H and O–H groups in total. The Hall–Kier alpha value is -1.59. The highest BCUT2D eigenvalue weighted by Crippen LogP contribution is 2.38. The van der Waals surface area contributed by atoms with Crippen LogP contribution < -0.4 is 11.1 Å². The first-order valence-corrected chi connectivity index (χ1v) is 6.83. The fraction of sp³-hybridized carbons (Fsp3) is 0.429. The molecule has 6 heteroatoms. The Bertz CT molecular complexity index is 561. The van der Waals surface area contributed by atoms with E-state index in [0.29, 0.717) is 6.42 Å². The summed E-state index contributed by atoms with van der Waals surface area (Å²) in [5, 5.41) is 11.9. The van der Waals surface area contributed by atoms with Crippen molar-refractivity contribution in [2.75, 3.05) is 5.32 Å². The maximum atomic E-state index is 12.4. The molecule has 0 aliphatic heterocycles. The number of halogens is 1. The number of rotatable bonds is 3. The zero-order valence-corrected chi connectivity index (χ0v) is 11.9. The molecule has 1 aromatic rings. The molecule has 0 bridgehead atoms. The highest BCUT2D eigenvalue weighted by molar-refractivity contribution is 6.34. The van der Waals surface area contributed by atoms with Crippen LogP contribution in [0.15, 0.2) is 18.2 Å². The molecule has 0 aromatic heterocycles. The third-order valence-electron chi connectivity index (χ3n) is 4.02. The van der Waals surface area contributed by atoms with Crippen molar-refractivity contribution in [2.24, 2.45) is 11.1 Å². The number of aromatic carboxylic acids is 1. The number of carbonyl (C=O) groups is 2. The van der Waals surface area contributed by atoms with Gasteiger partial charge in [-0.1, -0.05) is 24.1 Å². The van der Waals surface area contributed by atoms with E-state index in [1.165, 1.54) is 12.1 Å². The summed E-state index contributed by atoms with van der Waals surface area (Å²) in [7, 11) is 0. The van der Waals surface area contributed by atoms with Gasteiger partial charge >= 0.3 is 5.97 Å². The van der Waals surface area contributed by atoms with Crippen LogP contribution >= 0.6 is 11.6 Å². The standard InChI is InChI=1S/C14H17ClN2O3/c1-14(7-3-6-10(14)16)13(20)17-9-5-2-4-8(15)11(9)12(18)19/h2,4-5,10H,3,6-7,16H2,1H3,(H,17,20)(H,18,19). The summed E-state index contributed by atoms with van der Waals surface area (Å²) in [6.07, 6.45) is 2.39. The van der Waals surface area contributed by atoms with Crippen LogP contribution in [-0.4, -0.2) is 23.0 Å². The number of nitrogens with two attached hydrogens (primary N) is 1. The second kappa shape index (κ2) is 5.42. The van der Waals surface area contributed by atoms with Crippen molar-refractivity contribution in [3.8, 4) is 0 Å². The van der Waals surface area contributed by atoms with Crippen LogP contribution in [0.5, 0.6) is 0 Å².